The van der Waals surface area contributed by atoms with Crippen molar-refractivity contribution >= 4 is 29.1 Å². The Morgan fingerprint density at radius 3 is 2.23 bits per heavy atom. The molecule has 0 saturated carbocycles. The number of rotatable bonds is 8. The number of nitrogens with one attached hydrogen (secondary N) is 2. The standard InChI is InChI=1S/C27H37N5O3/c1-19-9-11-23(12-10-19)28-25(33)17-30(5)27(35)22(4)32-15-13-31(14-16-32)18-26(34)29-24-8-6-7-20(2)21(24)3/h6-12,22H,13-18H2,1-5H3,(H,28,33)(H,29,34)/t22-/m0/s1. The fraction of sp³-hybridized carbons (Fsp3) is 0.444. The van der Waals surface area contributed by atoms with Crippen molar-refractivity contribution in [1.82, 2.24) is 14.7 Å². The van der Waals surface area contributed by atoms with Crippen LogP contribution in [0.15, 0.2) is 42.5 Å². The lowest BCUT2D eigenvalue weighted by atomic mass is 10.1. The van der Waals surface area contributed by atoms with E-state index in [2.05, 4.69) is 20.4 Å². The summed E-state index contributed by atoms with van der Waals surface area (Å²) in [5.41, 5.74) is 4.91. The maximum Gasteiger partial charge on any atom is 0.243 e. The molecule has 3 amide bonds. The average Bonchev–Trinajstić information content (AvgIpc) is 2.83. The summed E-state index contributed by atoms with van der Waals surface area (Å²) in [4.78, 5) is 43.5. The number of hydrogen-bond donors (Lipinski definition) is 2. The van der Waals surface area contributed by atoms with Gasteiger partial charge in [-0.3, -0.25) is 24.2 Å². The number of hydrogen-bond acceptors (Lipinski definition) is 5. The quantitative estimate of drug-likeness (QED) is 0.608. The predicted octanol–water partition coefficient (Wildman–Crippen LogP) is 2.65. The van der Waals surface area contributed by atoms with Crippen LogP contribution in [-0.2, 0) is 14.4 Å². The van der Waals surface area contributed by atoms with Crippen LogP contribution in [0.25, 0.3) is 0 Å². The number of benzene rings is 2. The highest BCUT2D eigenvalue weighted by Crippen LogP contribution is 2.18. The molecule has 2 aromatic rings. The molecule has 1 atom stereocenters. The lowest BCUT2D eigenvalue weighted by molar-refractivity contribution is -0.138. The fourth-order valence-electron chi connectivity index (χ4n) is 4.19. The molecule has 1 heterocycles. The van der Waals surface area contributed by atoms with E-state index >= 15 is 0 Å². The van der Waals surface area contributed by atoms with Gasteiger partial charge in [0.1, 0.15) is 0 Å². The number of carbonyl (C=O) groups is 3. The summed E-state index contributed by atoms with van der Waals surface area (Å²) in [6, 6.07) is 13.1. The maximum absolute atomic E-state index is 12.9. The third-order valence-corrected chi connectivity index (χ3v) is 6.65. The van der Waals surface area contributed by atoms with Crippen LogP contribution in [-0.4, -0.2) is 84.8 Å². The maximum atomic E-state index is 12.9. The second kappa shape index (κ2) is 12.0. The first-order valence-electron chi connectivity index (χ1n) is 12.1. The lowest BCUT2D eigenvalue weighted by Gasteiger charge is -2.38. The molecule has 0 unspecified atom stereocenters. The second-order valence-corrected chi connectivity index (χ2v) is 9.39. The molecule has 8 heteroatoms. The number of likely N-dealkylation sites (N-methyl/N-ethyl adjacent to an activating group) is 1. The van der Waals surface area contributed by atoms with Crippen molar-refractivity contribution in [1.29, 1.82) is 0 Å². The van der Waals surface area contributed by atoms with Crippen LogP contribution >= 0.6 is 0 Å². The molecule has 3 rings (SSSR count). The first-order valence-corrected chi connectivity index (χ1v) is 12.1. The van der Waals surface area contributed by atoms with Gasteiger partial charge in [-0.05, 0) is 57.0 Å². The van der Waals surface area contributed by atoms with E-state index < -0.39 is 0 Å². The van der Waals surface area contributed by atoms with Crippen molar-refractivity contribution in [2.75, 3.05) is 56.9 Å². The third-order valence-electron chi connectivity index (χ3n) is 6.65. The molecule has 1 aliphatic rings. The number of aryl methyl sites for hydroxylation is 2. The van der Waals surface area contributed by atoms with Crippen molar-refractivity contribution < 1.29 is 14.4 Å². The zero-order chi connectivity index (χ0) is 25.5. The van der Waals surface area contributed by atoms with Gasteiger partial charge in [0.25, 0.3) is 0 Å². The van der Waals surface area contributed by atoms with Gasteiger partial charge in [0.2, 0.25) is 17.7 Å². The molecule has 2 N–H and O–H groups in total. The molecule has 2 aromatic carbocycles. The summed E-state index contributed by atoms with van der Waals surface area (Å²) in [6.07, 6.45) is 0. The van der Waals surface area contributed by atoms with Gasteiger partial charge in [-0.2, -0.15) is 0 Å². The first-order chi connectivity index (χ1) is 16.6. The Bertz CT molecular complexity index is 1050. The van der Waals surface area contributed by atoms with Gasteiger partial charge in [-0.25, -0.2) is 0 Å². The van der Waals surface area contributed by atoms with Crippen LogP contribution in [0.2, 0.25) is 0 Å². The Balaban J connectivity index is 1.42. The predicted molar refractivity (Wildman–Crippen MR) is 139 cm³/mol. The molecule has 1 aliphatic heterocycles. The Kier molecular flexibility index (Phi) is 9.01. The summed E-state index contributed by atoms with van der Waals surface area (Å²) < 4.78 is 0. The number of piperazine rings is 1. The smallest absolute Gasteiger partial charge is 0.243 e. The Labute approximate surface area is 208 Å². The highest BCUT2D eigenvalue weighted by molar-refractivity contribution is 5.95. The number of amides is 3. The molecule has 188 valence electrons. The van der Waals surface area contributed by atoms with E-state index in [0.717, 1.165) is 22.4 Å². The SMILES string of the molecule is Cc1ccc(NC(=O)CN(C)C(=O)[C@H](C)N2CCN(CC(=O)Nc3cccc(C)c3C)CC2)cc1. The number of anilines is 2. The van der Waals surface area contributed by atoms with Gasteiger partial charge in [-0.1, -0.05) is 29.8 Å². The Hall–Kier alpha value is -3.23. The molecule has 0 aliphatic carbocycles. The number of carbonyl (C=O) groups excluding carboxylic acids is 3. The Morgan fingerprint density at radius 2 is 1.57 bits per heavy atom. The van der Waals surface area contributed by atoms with Crippen LogP contribution in [0, 0.1) is 20.8 Å². The summed E-state index contributed by atoms with van der Waals surface area (Å²) in [7, 11) is 1.65. The van der Waals surface area contributed by atoms with Crippen molar-refractivity contribution in [3.63, 3.8) is 0 Å². The molecule has 1 fully saturated rings. The summed E-state index contributed by atoms with van der Waals surface area (Å²) in [5.74, 6) is -0.350. The van der Waals surface area contributed by atoms with E-state index in [9.17, 15) is 14.4 Å². The molecule has 1 saturated heterocycles. The zero-order valence-corrected chi connectivity index (χ0v) is 21.4. The average molecular weight is 480 g/mol. The molecular formula is C27H37N5O3. The van der Waals surface area contributed by atoms with Crippen molar-refractivity contribution in [3.8, 4) is 0 Å². The molecule has 0 spiro atoms. The van der Waals surface area contributed by atoms with Crippen LogP contribution in [0.1, 0.15) is 23.6 Å². The highest BCUT2D eigenvalue weighted by Gasteiger charge is 2.28. The monoisotopic (exact) mass is 479 g/mol. The van der Waals surface area contributed by atoms with Gasteiger partial charge in [0, 0.05) is 44.6 Å². The minimum absolute atomic E-state index is 0.00440. The van der Waals surface area contributed by atoms with E-state index in [0.29, 0.717) is 38.4 Å². The summed E-state index contributed by atoms with van der Waals surface area (Å²) in [5, 5.41) is 5.84. The molecule has 0 bridgehead atoms. The van der Waals surface area contributed by atoms with E-state index in [-0.39, 0.29) is 30.3 Å². The molecule has 8 nitrogen and oxygen atoms in total. The molecule has 0 aromatic heterocycles. The first kappa shape index (κ1) is 26.4. The van der Waals surface area contributed by atoms with Crippen LogP contribution in [0.5, 0.6) is 0 Å². The summed E-state index contributed by atoms with van der Waals surface area (Å²) >= 11 is 0. The molecular weight excluding hydrogens is 442 g/mol. The van der Waals surface area contributed by atoms with Crippen molar-refractivity contribution in [3.05, 3.63) is 59.2 Å². The highest BCUT2D eigenvalue weighted by atomic mass is 16.2. The minimum Gasteiger partial charge on any atom is -0.335 e. The van der Waals surface area contributed by atoms with Gasteiger partial charge in [0.05, 0.1) is 19.1 Å². The van der Waals surface area contributed by atoms with E-state index in [1.54, 1.807) is 7.05 Å². The van der Waals surface area contributed by atoms with Crippen molar-refractivity contribution in [2.45, 2.75) is 33.7 Å². The van der Waals surface area contributed by atoms with Gasteiger partial charge in [0.15, 0.2) is 0 Å². The fourth-order valence-corrected chi connectivity index (χ4v) is 4.19. The zero-order valence-electron chi connectivity index (χ0n) is 21.4. The van der Waals surface area contributed by atoms with Crippen LogP contribution < -0.4 is 10.6 Å². The largest absolute Gasteiger partial charge is 0.335 e. The third kappa shape index (κ3) is 7.37. The van der Waals surface area contributed by atoms with E-state index in [1.165, 1.54) is 4.90 Å². The van der Waals surface area contributed by atoms with Crippen molar-refractivity contribution in [2.24, 2.45) is 0 Å². The van der Waals surface area contributed by atoms with Crippen LogP contribution in [0.4, 0.5) is 11.4 Å². The minimum atomic E-state index is -0.335. The second-order valence-electron chi connectivity index (χ2n) is 9.39. The Morgan fingerprint density at radius 1 is 0.914 bits per heavy atom. The van der Waals surface area contributed by atoms with Gasteiger partial charge in [-0.15, -0.1) is 0 Å². The van der Waals surface area contributed by atoms with E-state index in [4.69, 9.17) is 0 Å². The molecule has 35 heavy (non-hydrogen) atoms. The normalized spacial score (nSPS) is 15.3. The van der Waals surface area contributed by atoms with Crippen LogP contribution in [0.3, 0.4) is 0 Å². The van der Waals surface area contributed by atoms with E-state index in [1.807, 2.05) is 70.2 Å². The lowest BCUT2D eigenvalue weighted by Crippen LogP contribution is -2.55. The van der Waals surface area contributed by atoms with Gasteiger partial charge >= 0.3 is 0 Å². The van der Waals surface area contributed by atoms with Gasteiger partial charge < -0.3 is 15.5 Å². The topological polar surface area (TPSA) is 85.0 Å². The number of nitrogens with zero attached hydrogens (tertiary/aromatic N) is 3. The summed E-state index contributed by atoms with van der Waals surface area (Å²) in [6.45, 7) is 11.0. The molecule has 0 radical (unpaired) electrons.